The topological polar surface area (TPSA) is 147 Å². The van der Waals surface area contributed by atoms with Crippen LogP contribution in [0.3, 0.4) is 0 Å². The van der Waals surface area contributed by atoms with Crippen molar-refractivity contribution in [3.8, 4) is 16.9 Å². The SMILES string of the molecule is O=C(O)c1ccc(NS(=O)(=O)c2cccc(-c3ccccc3[N+](=O)[O-])c2)cc1O. The summed E-state index contributed by atoms with van der Waals surface area (Å²) in [4.78, 5) is 21.5. The fourth-order valence-electron chi connectivity index (χ4n) is 2.70. The molecule has 3 rings (SSSR count). The third kappa shape index (κ3) is 4.17. The van der Waals surface area contributed by atoms with Crippen LogP contribution in [0.2, 0.25) is 0 Å². The number of hydrogen-bond acceptors (Lipinski definition) is 6. The first-order valence-electron chi connectivity index (χ1n) is 8.12. The first-order valence-corrected chi connectivity index (χ1v) is 9.60. The van der Waals surface area contributed by atoms with Crippen LogP contribution in [0.1, 0.15) is 10.4 Å². The quantitative estimate of drug-likeness (QED) is 0.413. The van der Waals surface area contributed by atoms with Gasteiger partial charge in [0.1, 0.15) is 11.3 Å². The molecular weight excluding hydrogens is 400 g/mol. The van der Waals surface area contributed by atoms with Crippen LogP contribution in [0.4, 0.5) is 11.4 Å². The molecule has 0 saturated heterocycles. The lowest BCUT2D eigenvalue weighted by Gasteiger charge is -2.11. The van der Waals surface area contributed by atoms with Gasteiger partial charge in [-0.05, 0) is 35.9 Å². The average molecular weight is 414 g/mol. The highest BCUT2D eigenvalue weighted by atomic mass is 32.2. The van der Waals surface area contributed by atoms with E-state index in [4.69, 9.17) is 5.11 Å². The van der Waals surface area contributed by atoms with Gasteiger partial charge in [-0.15, -0.1) is 0 Å². The van der Waals surface area contributed by atoms with Crippen molar-refractivity contribution in [2.45, 2.75) is 4.90 Å². The molecule has 10 heteroatoms. The van der Waals surface area contributed by atoms with E-state index in [-0.39, 0.29) is 27.4 Å². The number of sulfonamides is 1. The summed E-state index contributed by atoms with van der Waals surface area (Å²) in [7, 11) is -4.11. The molecule has 9 nitrogen and oxygen atoms in total. The van der Waals surface area contributed by atoms with Gasteiger partial charge in [0.25, 0.3) is 15.7 Å². The Bertz CT molecular complexity index is 1220. The molecule has 29 heavy (non-hydrogen) atoms. The second kappa shape index (κ2) is 7.60. The van der Waals surface area contributed by atoms with Crippen LogP contribution in [0.15, 0.2) is 71.6 Å². The lowest BCUT2D eigenvalue weighted by atomic mass is 10.0. The first-order chi connectivity index (χ1) is 13.7. The smallest absolute Gasteiger partial charge is 0.339 e. The molecule has 148 valence electrons. The van der Waals surface area contributed by atoms with E-state index in [9.17, 15) is 28.4 Å². The minimum absolute atomic E-state index is 0.0383. The average Bonchev–Trinajstić information content (AvgIpc) is 2.67. The van der Waals surface area contributed by atoms with Crippen molar-refractivity contribution >= 4 is 27.4 Å². The standard InChI is InChI=1S/C19H14N2O7S/c22-18-11-13(8-9-16(18)19(23)24)20-29(27,28)14-5-3-4-12(10-14)15-6-1-2-7-17(15)21(25)26/h1-11,20,22H,(H,23,24). The summed E-state index contributed by atoms with van der Waals surface area (Å²) in [5, 5.41) is 29.9. The Balaban J connectivity index is 1.97. The van der Waals surface area contributed by atoms with Gasteiger partial charge < -0.3 is 10.2 Å². The molecule has 0 atom stereocenters. The molecule has 0 amide bonds. The number of nitro groups is 1. The number of carboxylic acid groups (broad SMARTS) is 1. The highest BCUT2D eigenvalue weighted by Crippen LogP contribution is 2.31. The van der Waals surface area contributed by atoms with E-state index in [0.717, 1.165) is 12.1 Å². The number of para-hydroxylation sites is 1. The summed E-state index contributed by atoms with van der Waals surface area (Å²) >= 11 is 0. The highest BCUT2D eigenvalue weighted by Gasteiger charge is 2.19. The van der Waals surface area contributed by atoms with E-state index in [0.29, 0.717) is 5.56 Å². The number of rotatable bonds is 6. The monoisotopic (exact) mass is 414 g/mol. The zero-order valence-electron chi connectivity index (χ0n) is 14.6. The number of nitro benzene ring substituents is 1. The Morgan fingerprint density at radius 3 is 2.38 bits per heavy atom. The summed E-state index contributed by atoms with van der Waals surface area (Å²) in [6, 6.07) is 14.8. The lowest BCUT2D eigenvalue weighted by molar-refractivity contribution is -0.384. The minimum atomic E-state index is -4.11. The van der Waals surface area contributed by atoms with Gasteiger partial charge in [-0.3, -0.25) is 14.8 Å². The van der Waals surface area contributed by atoms with Crippen molar-refractivity contribution in [3.05, 3.63) is 82.4 Å². The molecule has 0 aliphatic heterocycles. The van der Waals surface area contributed by atoms with Crippen molar-refractivity contribution in [3.63, 3.8) is 0 Å². The number of phenols is 1. The Kier molecular flexibility index (Phi) is 5.20. The predicted octanol–water partition coefficient (Wildman–Crippen LogP) is 3.47. The van der Waals surface area contributed by atoms with Crippen LogP contribution in [0.25, 0.3) is 11.1 Å². The third-order valence-corrected chi connectivity index (χ3v) is 5.42. The molecule has 0 aliphatic carbocycles. The highest BCUT2D eigenvalue weighted by molar-refractivity contribution is 7.92. The van der Waals surface area contributed by atoms with Gasteiger partial charge in [0.2, 0.25) is 0 Å². The molecule has 0 fully saturated rings. The van der Waals surface area contributed by atoms with E-state index in [1.165, 1.54) is 42.5 Å². The van der Waals surface area contributed by atoms with Gasteiger partial charge in [-0.25, -0.2) is 13.2 Å². The minimum Gasteiger partial charge on any atom is -0.507 e. The van der Waals surface area contributed by atoms with Gasteiger partial charge >= 0.3 is 5.97 Å². The summed E-state index contributed by atoms with van der Waals surface area (Å²) < 4.78 is 27.6. The molecule has 0 heterocycles. The van der Waals surface area contributed by atoms with Crippen LogP contribution in [0, 0.1) is 10.1 Å². The zero-order chi connectivity index (χ0) is 21.2. The van der Waals surface area contributed by atoms with Gasteiger partial charge in [0, 0.05) is 12.1 Å². The van der Waals surface area contributed by atoms with Crippen LogP contribution in [-0.4, -0.2) is 29.5 Å². The van der Waals surface area contributed by atoms with Gasteiger partial charge in [0.15, 0.2) is 0 Å². The summed E-state index contributed by atoms with van der Waals surface area (Å²) in [5.41, 5.74) is 0.0290. The van der Waals surface area contributed by atoms with Crippen LogP contribution < -0.4 is 4.72 Å². The van der Waals surface area contributed by atoms with Gasteiger partial charge in [0.05, 0.1) is 21.1 Å². The van der Waals surface area contributed by atoms with Crippen LogP contribution >= 0.6 is 0 Å². The molecule has 0 aromatic heterocycles. The number of carboxylic acids is 1. The van der Waals surface area contributed by atoms with E-state index in [2.05, 4.69) is 4.72 Å². The number of nitrogens with one attached hydrogen (secondary N) is 1. The van der Waals surface area contributed by atoms with Crippen LogP contribution in [0.5, 0.6) is 5.75 Å². The normalized spacial score (nSPS) is 11.0. The first kappa shape index (κ1) is 19.8. The molecule has 0 bridgehead atoms. The molecule has 0 radical (unpaired) electrons. The van der Waals surface area contributed by atoms with Gasteiger partial charge in [-0.1, -0.05) is 24.3 Å². The fraction of sp³-hybridized carbons (Fsp3) is 0. The van der Waals surface area contributed by atoms with E-state index in [1.54, 1.807) is 12.1 Å². The van der Waals surface area contributed by atoms with E-state index < -0.39 is 26.7 Å². The maximum Gasteiger partial charge on any atom is 0.339 e. The largest absolute Gasteiger partial charge is 0.507 e. The maximum atomic E-state index is 12.7. The molecular formula is C19H14N2O7S. The Hall–Kier alpha value is -3.92. The molecule has 3 aromatic carbocycles. The number of anilines is 1. The number of hydrogen-bond donors (Lipinski definition) is 3. The fourth-order valence-corrected chi connectivity index (χ4v) is 3.79. The molecule has 0 unspecified atom stereocenters. The van der Waals surface area contributed by atoms with E-state index >= 15 is 0 Å². The molecule has 3 aromatic rings. The van der Waals surface area contributed by atoms with E-state index in [1.807, 2.05) is 0 Å². The number of nitrogens with zero attached hydrogens (tertiary/aromatic N) is 1. The summed E-state index contributed by atoms with van der Waals surface area (Å²) in [6.07, 6.45) is 0. The zero-order valence-corrected chi connectivity index (χ0v) is 15.5. The third-order valence-electron chi connectivity index (χ3n) is 4.04. The second-order valence-electron chi connectivity index (χ2n) is 5.94. The molecule has 0 aliphatic rings. The lowest BCUT2D eigenvalue weighted by Crippen LogP contribution is -2.13. The Morgan fingerprint density at radius 2 is 1.72 bits per heavy atom. The van der Waals surface area contributed by atoms with Crippen molar-refractivity contribution in [1.29, 1.82) is 0 Å². The molecule has 0 spiro atoms. The predicted molar refractivity (Wildman–Crippen MR) is 104 cm³/mol. The Morgan fingerprint density at radius 1 is 1.00 bits per heavy atom. The maximum absolute atomic E-state index is 12.7. The van der Waals surface area contributed by atoms with Crippen LogP contribution in [-0.2, 0) is 10.0 Å². The van der Waals surface area contributed by atoms with Crippen molar-refractivity contribution in [2.75, 3.05) is 4.72 Å². The number of aromatic carboxylic acids is 1. The van der Waals surface area contributed by atoms with Gasteiger partial charge in [-0.2, -0.15) is 0 Å². The number of carbonyl (C=O) groups is 1. The van der Waals surface area contributed by atoms with Crippen molar-refractivity contribution < 1.29 is 28.3 Å². The molecule has 0 saturated carbocycles. The Labute approximate surface area is 165 Å². The number of aromatic hydroxyl groups is 1. The summed E-state index contributed by atoms with van der Waals surface area (Å²) in [6.45, 7) is 0. The van der Waals surface area contributed by atoms with Crippen molar-refractivity contribution in [2.24, 2.45) is 0 Å². The van der Waals surface area contributed by atoms with Crippen molar-refractivity contribution in [1.82, 2.24) is 0 Å². The number of benzene rings is 3. The summed E-state index contributed by atoms with van der Waals surface area (Å²) in [5.74, 6) is -1.94. The second-order valence-corrected chi connectivity index (χ2v) is 7.63. The molecule has 3 N–H and O–H groups in total.